The summed E-state index contributed by atoms with van der Waals surface area (Å²) in [7, 11) is 0. The molecule has 0 aliphatic rings. The lowest BCUT2D eigenvalue weighted by Crippen LogP contribution is -2.07. The quantitative estimate of drug-likeness (QED) is 0.483. The number of hydrogen-bond donors (Lipinski definition) is 0. The maximum absolute atomic E-state index is 13.2. The van der Waals surface area contributed by atoms with E-state index >= 15 is 0 Å². The number of pyridine rings is 1. The number of aromatic nitrogens is 1. The van der Waals surface area contributed by atoms with Crippen LogP contribution in [0.2, 0.25) is 0 Å². The van der Waals surface area contributed by atoms with Gasteiger partial charge in [0.05, 0.1) is 4.92 Å². The smallest absolute Gasteiger partial charge is 0.287 e. The number of aryl methyl sites for hydroxylation is 1. The second kappa shape index (κ2) is 4.93. The number of hydrogen-bond acceptors (Lipinski definition) is 4. The van der Waals surface area contributed by atoms with Crippen molar-refractivity contribution >= 4 is 11.5 Å². The van der Waals surface area contributed by atoms with Gasteiger partial charge in [-0.3, -0.25) is 19.9 Å². The van der Waals surface area contributed by atoms with Crippen LogP contribution in [0.5, 0.6) is 0 Å². The fourth-order valence-corrected chi connectivity index (χ4v) is 1.65. The molecule has 19 heavy (non-hydrogen) atoms. The van der Waals surface area contributed by atoms with Gasteiger partial charge in [-0.25, -0.2) is 0 Å². The number of benzene rings is 1. The molecule has 0 saturated heterocycles. The maximum Gasteiger partial charge on any atom is 0.305 e. The van der Waals surface area contributed by atoms with Crippen LogP contribution < -0.4 is 0 Å². The van der Waals surface area contributed by atoms with E-state index in [2.05, 4.69) is 4.98 Å². The van der Waals surface area contributed by atoms with Gasteiger partial charge in [0.15, 0.2) is 0 Å². The Morgan fingerprint density at radius 3 is 2.74 bits per heavy atom. The zero-order valence-electron chi connectivity index (χ0n) is 9.96. The summed E-state index contributed by atoms with van der Waals surface area (Å²) in [6.45, 7) is 1.71. The number of carbonyl (C=O) groups excluding carboxylic acids is 1. The highest BCUT2D eigenvalue weighted by Crippen LogP contribution is 2.20. The Morgan fingerprint density at radius 1 is 1.37 bits per heavy atom. The van der Waals surface area contributed by atoms with Crippen molar-refractivity contribution in [1.29, 1.82) is 0 Å². The number of rotatable bonds is 3. The summed E-state index contributed by atoms with van der Waals surface area (Å²) in [4.78, 5) is 25.9. The molecule has 2 aromatic rings. The Kier molecular flexibility index (Phi) is 3.33. The highest BCUT2D eigenvalue weighted by molar-refractivity contribution is 6.08. The van der Waals surface area contributed by atoms with Crippen LogP contribution in [0.1, 0.15) is 21.6 Å². The summed E-state index contributed by atoms with van der Waals surface area (Å²) in [6.07, 6.45) is 1.46. The molecule has 1 aromatic carbocycles. The number of nitrogens with zero attached hydrogens (tertiary/aromatic N) is 2. The zero-order chi connectivity index (χ0) is 14.0. The Hall–Kier alpha value is -2.63. The van der Waals surface area contributed by atoms with Crippen LogP contribution in [0.25, 0.3) is 0 Å². The van der Waals surface area contributed by atoms with Crippen molar-refractivity contribution in [2.24, 2.45) is 0 Å². The minimum absolute atomic E-state index is 0.0369. The van der Waals surface area contributed by atoms with Crippen LogP contribution >= 0.6 is 0 Å². The number of halogens is 1. The van der Waals surface area contributed by atoms with Gasteiger partial charge >= 0.3 is 5.69 Å². The topological polar surface area (TPSA) is 73.1 Å². The second-order valence-electron chi connectivity index (χ2n) is 3.92. The van der Waals surface area contributed by atoms with E-state index in [0.29, 0.717) is 5.56 Å². The third kappa shape index (κ3) is 2.47. The van der Waals surface area contributed by atoms with Gasteiger partial charge in [0.2, 0.25) is 11.6 Å². The fourth-order valence-electron chi connectivity index (χ4n) is 1.65. The molecule has 0 unspecified atom stereocenters. The highest BCUT2D eigenvalue weighted by atomic mass is 19.1. The largest absolute Gasteiger partial charge is 0.305 e. The number of carbonyl (C=O) groups is 1. The standard InChI is InChI=1S/C13H9FN2O3/c1-8-3-2-6-15-12(8)13(17)9-4-5-10(14)11(7-9)16(18)19/h2-7H,1H3. The van der Waals surface area contributed by atoms with Crippen LogP contribution in [0.3, 0.4) is 0 Å². The molecule has 0 radical (unpaired) electrons. The molecule has 5 nitrogen and oxygen atoms in total. The molecule has 1 aromatic heterocycles. The lowest BCUT2D eigenvalue weighted by molar-refractivity contribution is -0.387. The molecule has 6 heteroatoms. The van der Waals surface area contributed by atoms with Crippen molar-refractivity contribution in [3.63, 3.8) is 0 Å². The first-order valence-corrected chi connectivity index (χ1v) is 5.41. The van der Waals surface area contributed by atoms with E-state index < -0.39 is 22.2 Å². The van der Waals surface area contributed by atoms with Gasteiger partial charge in [-0.2, -0.15) is 4.39 Å². The van der Waals surface area contributed by atoms with Crippen LogP contribution in [0, 0.1) is 22.9 Å². The first-order valence-electron chi connectivity index (χ1n) is 5.41. The van der Waals surface area contributed by atoms with Gasteiger partial charge in [-0.05, 0) is 30.7 Å². The van der Waals surface area contributed by atoms with Gasteiger partial charge < -0.3 is 0 Å². The zero-order valence-corrected chi connectivity index (χ0v) is 9.96. The van der Waals surface area contributed by atoms with Crippen LogP contribution in [-0.2, 0) is 0 Å². The molecule has 1 heterocycles. The van der Waals surface area contributed by atoms with E-state index in [1.165, 1.54) is 12.3 Å². The molecular formula is C13H9FN2O3. The Morgan fingerprint density at radius 2 is 2.11 bits per heavy atom. The molecule has 0 aliphatic carbocycles. The predicted molar refractivity (Wildman–Crippen MR) is 65.5 cm³/mol. The summed E-state index contributed by atoms with van der Waals surface area (Å²) in [6, 6.07) is 6.42. The molecule has 0 fully saturated rings. The average Bonchev–Trinajstić information content (AvgIpc) is 2.38. The number of ketones is 1. The third-order valence-corrected chi connectivity index (χ3v) is 2.63. The summed E-state index contributed by atoms with van der Waals surface area (Å²) < 4.78 is 13.2. The van der Waals surface area contributed by atoms with E-state index in [1.54, 1.807) is 19.1 Å². The second-order valence-corrected chi connectivity index (χ2v) is 3.92. The van der Waals surface area contributed by atoms with Gasteiger partial charge in [0, 0.05) is 17.8 Å². The van der Waals surface area contributed by atoms with Gasteiger partial charge in [-0.15, -0.1) is 0 Å². The van der Waals surface area contributed by atoms with Crippen molar-refractivity contribution in [2.45, 2.75) is 6.92 Å². The van der Waals surface area contributed by atoms with Gasteiger partial charge in [0.25, 0.3) is 0 Å². The van der Waals surface area contributed by atoms with E-state index in [0.717, 1.165) is 12.1 Å². The third-order valence-electron chi connectivity index (χ3n) is 2.63. The molecule has 0 spiro atoms. The summed E-state index contributed by atoms with van der Waals surface area (Å²) in [5.74, 6) is -1.44. The van der Waals surface area contributed by atoms with E-state index in [-0.39, 0.29) is 11.3 Å². The van der Waals surface area contributed by atoms with Crippen molar-refractivity contribution in [1.82, 2.24) is 4.98 Å². The predicted octanol–water partition coefficient (Wildman–Crippen LogP) is 2.67. The highest BCUT2D eigenvalue weighted by Gasteiger charge is 2.19. The normalized spacial score (nSPS) is 10.2. The van der Waals surface area contributed by atoms with E-state index in [9.17, 15) is 19.3 Å². The first kappa shape index (κ1) is 12.8. The Bertz CT molecular complexity index is 671. The van der Waals surface area contributed by atoms with E-state index in [4.69, 9.17) is 0 Å². The summed E-state index contributed by atoms with van der Waals surface area (Å²) >= 11 is 0. The molecule has 0 N–H and O–H groups in total. The van der Waals surface area contributed by atoms with Crippen LogP contribution in [0.4, 0.5) is 10.1 Å². The molecule has 0 saturated carbocycles. The van der Waals surface area contributed by atoms with Crippen LogP contribution in [0.15, 0.2) is 36.5 Å². The van der Waals surface area contributed by atoms with E-state index in [1.807, 2.05) is 0 Å². The lowest BCUT2D eigenvalue weighted by atomic mass is 10.0. The van der Waals surface area contributed by atoms with Crippen LogP contribution in [-0.4, -0.2) is 15.7 Å². The van der Waals surface area contributed by atoms with Crippen molar-refractivity contribution in [3.05, 3.63) is 69.3 Å². The van der Waals surface area contributed by atoms with Crippen molar-refractivity contribution in [3.8, 4) is 0 Å². The SMILES string of the molecule is Cc1cccnc1C(=O)c1ccc(F)c([N+](=O)[O-])c1. The number of nitro groups is 1. The average molecular weight is 260 g/mol. The lowest BCUT2D eigenvalue weighted by Gasteiger charge is -2.03. The Labute approximate surface area is 107 Å². The molecule has 0 amide bonds. The molecule has 0 bridgehead atoms. The van der Waals surface area contributed by atoms with Gasteiger partial charge in [0.1, 0.15) is 5.69 Å². The molecule has 2 rings (SSSR count). The summed E-state index contributed by atoms with van der Waals surface area (Å²) in [5, 5.41) is 10.6. The first-order chi connectivity index (χ1) is 9.00. The minimum Gasteiger partial charge on any atom is -0.287 e. The molecule has 0 aliphatic heterocycles. The molecule has 0 atom stereocenters. The Balaban J connectivity index is 2.49. The van der Waals surface area contributed by atoms with Crippen molar-refractivity contribution in [2.75, 3.05) is 0 Å². The van der Waals surface area contributed by atoms with Crippen molar-refractivity contribution < 1.29 is 14.1 Å². The molecule has 96 valence electrons. The number of nitro benzene ring substituents is 1. The minimum atomic E-state index is -0.973. The van der Waals surface area contributed by atoms with Gasteiger partial charge in [-0.1, -0.05) is 6.07 Å². The maximum atomic E-state index is 13.2. The fraction of sp³-hybridized carbons (Fsp3) is 0.0769. The summed E-state index contributed by atoms with van der Waals surface area (Å²) in [5.41, 5.74) is 0.164. The monoisotopic (exact) mass is 260 g/mol. The molecular weight excluding hydrogens is 251 g/mol.